The Kier molecular flexibility index (Phi) is 6.30. The second-order valence-electron chi connectivity index (χ2n) is 8.23. The van der Waals surface area contributed by atoms with Crippen LogP contribution in [-0.2, 0) is 13.0 Å². The van der Waals surface area contributed by atoms with Crippen LogP contribution in [0.3, 0.4) is 0 Å². The minimum Gasteiger partial charge on any atom is -0.497 e. The number of benzene rings is 2. The molecule has 0 spiro atoms. The predicted octanol–water partition coefficient (Wildman–Crippen LogP) is 4.50. The molecule has 5 rings (SSSR count). The van der Waals surface area contributed by atoms with Crippen LogP contribution in [0.15, 0.2) is 89.7 Å². The number of aliphatic imine (C=N–C) groups is 1. The number of methoxy groups -OCH3 is 2. The number of hydrogen-bond acceptors (Lipinski definition) is 5. The van der Waals surface area contributed by atoms with E-state index in [1.807, 2.05) is 54.3 Å². The largest absolute Gasteiger partial charge is 0.497 e. The highest BCUT2D eigenvalue weighted by Gasteiger charge is 2.30. The van der Waals surface area contributed by atoms with Gasteiger partial charge in [0.15, 0.2) is 17.7 Å². The monoisotopic (exact) mass is 466 g/mol. The van der Waals surface area contributed by atoms with Gasteiger partial charge in [0.05, 0.1) is 39.0 Å². The van der Waals surface area contributed by atoms with Crippen molar-refractivity contribution in [3.63, 3.8) is 0 Å². The van der Waals surface area contributed by atoms with Crippen molar-refractivity contribution < 1.29 is 14.0 Å². The molecule has 4 aromatic rings. The second kappa shape index (κ2) is 9.85. The first kappa shape index (κ1) is 22.4. The summed E-state index contributed by atoms with van der Waals surface area (Å²) in [6, 6.07) is 22.4. The Bertz CT molecular complexity index is 1390. The van der Waals surface area contributed by atoms with Crippen molar-refractivity contribution in [3.8, 4) is 11.5 Å². The van der Waals surface area contributed by atoms with Crippen LogP contribution in [-0.4, -0.2) is 37.3 Å². The fourth-order valence-electron chi connectivity index (χ4n) is 4.35. The molecule has 0 unspecified atom stereocenters. The molecular weight excluding hydrogens is 438 g/mol. The third kappa shape index (κ3) is 4.53. The molecule has 2 aromatic carbocycles. The number of fused-ring (bicyclic) bond motifs is 1. The van der Waals surface area contributed by atoms with Crippen molar-refractivity contribution in [3.05, 3.63) is 102 Å². The molecule has 0 radical (unpaired) electrons. The Hall–Kier alpha value is -4.39. The highest BCUT2D eigenvalue weighted by atomic mass is 16.5. The Balaban J connectivity index is 1.46. The van der Waals surface area contributed by atoms with Crippen LogP contribution in [0.1, 0.15) is 16.8 Å². The second-order valence-corrected chi connectivity index (χ2v) is 8.23. The Morgan fingerprint density at radius 2 is 1.71 bits per heavy atom. The van der Waals surface area contributed by atoms with Gasteiger partial charge < -0.3 is 14.8 Å². The van der Waals surface area contributed by atoms with Crippen LogP contribution in [0.4, 0.5) is 11.5 Å². The van der Waals surface area contributed by atoms with Gasteiger partial charge in [-0.1, -0.05) is 18.2 Å². The first-order chi connectivity index (χ1) is 17.2. The first-order valence-corrected chi connectivity index (χ1v) is 11.5. The zero-order valence-corrected chi connectivity index (χ0v) is 20.1. The Morgan fingerprint density at radius 1 is 1.00 bits per heavy atom. The van der Waals surface area contributed by atoms with Gasteiger partial charge in [0, 0.05) is 31.0 Å². The topological polar surface area (TPSA) is 64.6 Å². The number of ether oxygens (including phenoxy) is 2. The zero-order valence-electron chi connectivity index (χ0n) is 20.1. The van der Waals surface area contributed by atoms with E-state index in [9.17, 15) is 0 Å². The molecule has 176 valence electrons. The Morgan fingerprint density at radius 3 is 2.40 bits per heavy atom. The number of hydrogen-bond donors (Lipinski definition) is 1. The van der Waals surface area contributed by atoms with E-state index in [1.54, 1.807) is 20.4 Å². The van der Waals surface area contributed by atoms with Crippen molar-refractivity contribution in [1.29, 1.82) is 0 Å². The highest BCUT2D eigenvalue weighted by Crippen LogP contribution is 2.28. The minimum absolute atomic E-state index is 0.636. The summed E-state index contributed by atoms with van der Waals surface area (Å²) in [6.45, 7) is 0.636. The molecule has 1 N–H and O–H groups in total. The SMILES string of the molecule is CNc1c(N=CC2=C(c3ccc(OC)cc3)[n+]3ccccc3C2)cnn1Cc1ccc(OC)cc1. The Labute approximate surface area is 205 Å². The van der Waals surface area contributed by atoms with E-state index in [0.29, 0.717) is 6.54 Å². The van der Waals surface area contributed by atoms with E-state index in [-0.39, 0.29) is 0 Å². The van der Waals surface area contributed by atoms with Gasteiger partial charge in [0.25, 0.3) is 0 Å². The average Bonchev–Trinajstić information content (AvgIpc) is 3.48. The molecule has 7 heteroatoms. The normalized spacial score (nSPS) is 12.8. The summed E-state index contributed by atoms with van der Waals surface area (Å²) in [6.07, 6.45) is 6.67. The lowest BCUT2D eigenvalue weighted by Gasteiger charge is -2.08. The van der Waals surface area contributed by atoms with Crippen LogP contribution >= 0.6 is 0 Å². The van der Waals surface area contributed by atoms with Crippen LogP contribution < -0.4 is 19.4 Å². The van der Waals surface area contributed by atoms with Gasteiger partial charge in [-0.05, 0) is 42.0 Å². The standard InChI is InChI=1S/C28H28N5O2/c1-29-28-26(18-31-33(28)19-20-7-11-24(34-2)12-8-20)30-17-22-16-23-6-4-5-15-32(23)27(22)21-9-13-25(35-3)14-10-21/h4-15,17-18,29H,16,19H2,1-3H3/q+1. The molecule has 0 atom stereocenters. The van der Waals surface area contributed by atoms with E-state index in [1.165, 1.54) is 5.69 Å². The maximum atomic E-state index is 5.34. The summed E-state index contributed by atoms with van der Waals surface area (Å²) in [4.78, 5) is 4.85. The van der Waals surface area contributed by atoms with Gasteiger partial charge >= 0.3 is 0 Å². The van der Waals surface area contributed by atoms with Crippen molar-refractivity contribution in [2.75, 3.05) is 26.6 Å². The quantitative estimate of drug-likeness (QED) is 0.307. The molecule has 3 heterocycles. The molecule has 0 bridgehead atoms. The van der Waals surface area contributed by atoms with Crippen molar-refractivity contribution >= 4 is 23.4 Å². The number of nitrogens with zero attached hydrogens (tertiary/aromatic N) is 4. The van der Waals surface area contributed by atoms with Gasteiger partial charge in [-0.15, -0.1) is 0 Å². The molecule has 0 aliphatic carbocycles. The summed E-state index contributed by atoms with van der Waals surface area (Å²) in [7, 11) is 5.24. The maximum Gasteiger partial charge on any atom is 0.223 e. The number of nitrogens with one attached hydrogen (secondary N) is 1. The van der Waals surface area contributed by atoms with Crippen molar-refractivity contribution in [2.45, 2.75) is 13.0 Å². The molecule has 1 aliphatic rings. The smallest absolute Gasteiger partial charge is 0.223 e. The van der Waals surface area contributed by atoms with Gasteiger partial charge in [-0.3, -0.25) is 4.99 Å². The number of aromatic nitrogens is 3. The minimum atomic E-state index is 0.636. The van der Waals surface area contributed by atoms with E-state index in [2.05, 4.69) is 51.5 Å². The van der Waals surface area contributed by atoms with Crippen molar-refractivity contribution in [1.82, 2.24) is 9.78 Å². The molecule has 0 saturated carbocycles. The molecule has 7 nitrogen and oxygen atoms in total. The summed E-state index contributed by atoms with van der Waals surface area (Å²) in [5, 5.41) is 7.84. The van der Waals surface area contributed by atoms with Gasteiger partial charge in [0.1, 0.15) is 17.2 Å². The molecule has 0 saturated heterocycles. The number of pyridine rings is 1. The fourth-order valence-corrected chi connectivity index (χ4v) is 4.35. The summed E-state index contributed by atoms with van der Waals surface area (Å²) >= 11 is 0. The summed E-state index contributed by atoms with van der Waals surface area (Å²) < 4.78 is 14.8. The van der Waals surface area contributed by atoms with E-state index in [4.69, 9.17) is 14.5 Å². The summed E-state index contributed by atoms with van der Waals surface area (Å²) in [5.41, 5.74) is 6.54. The number of allylic oxidation sites excluding steroid dienone is 1. The third-order valence-corrected chi connectivity index (χ3v) is 6.13. The molecule has 35 heavy (non-hydrogen) atoms. The summed E-state index contributed by atoms with van der Waals surface area (Å²) in [5.74, 6) is 2.54. The third-order valence-electron chi connectivity index (χ3n) is 6.13. The molecule has 1 aliphatic heterocycles. The fraction of sp³-hybridized carbons (Fsp3) is 0.179. The maximum absolute atomic E-state index is 5.34. The van der Waals surface area contributed by atoms with Gasteiger partial charge in [0.2, 0.25) is 5.70 Å². The number of anilines is 1. The van der Waals surface area contributed by atoms with Crippen LogP contribution in [0.25, 0.3) is 5.70 Å². The van der Waals surface area contributed by atoms with E-state index < -0.39 is 0 Å². The van der Waals surface area contributed by atoms with Gasteiger partial charge in [-0.25, -0.2) is 4.68 Å². The van der Waals surface area contributed by atoms with Crippen LogP contribution in [0.5, 0.6) is 11.5 Å². The molecule has 0 fully saturated rings. The average molecular weight is 467 g/mol. The zero-order chi connectivity index (χ0) is 24.2. The first-order valence-electron chi connectivity index (χ1n) is 11.5. The lowest BCUT2D eigenvalue weighted by molar-refractivity contribution is -0.582. The predicted molar refractivity (Wildman–Crippen MR) is 138 cm³/mol. The highest BCUT2D eigenvalue weighted by molar-refractivity contribution is 5.92. The van der Waals surface area contributed by atoms with Gasteiger partial charge in [-0.2, -0.15) is 9.67 Å². The van der Waals surface area contributed by atoms with Crippen molar-refractivity contribution in [2.24, 2.45) is 4.99 Å². The lowest BCUT2D eigenvalue weighted by atomic mass is 10.1. The van der Waals surface area contributed by atoms with E-state index >= 15 is 0 Å². The number of rotatable bonds is 8. The molecular formula is C28H28N5O2+. The lowest BCUT2D eigenvalue weighted by Crippen LogP contribution is -2.33. The molecule has 0 amide bonds. The molecule has 2 aromatic heterocycles. The van der Waals surface area contributed by atoms with Crippen LogP contribution in [0, 0.1) is 0 Å². The van der Waals surface area contributed by atoms with E-state index in [0.717, 1.165) is 51.8 Å². The van der Waals surface area contributed by atoms with Crippen LogP contribution in [0.2, 0.25) is 0 Å².